The first-order valence-electron chi connectivity index (χ1n) is 6.11. The molecule has 0 aliphatic carbocycles. The lowest BCUT2D eigenvalue weighted by molar-refractivity contribution is 0.312. The maximum absolute atomic E-state index is 5.71. The molecule has 0 heterocycles. The van der Waals surface area contributed by atoms with Crippen molar-refractivity contribution < 1.29 is 0 Å². The quantitative estimate of drug-likeness (QED) is 0.580. The van der Waals surface area contributed by atoms with Gasteiger partial charge in [-0.05, 0) is 39.9 Å². The van der Waals surface area contributed by atoms with E-state index in [0.717, 1.165) is 13.0 Å². The number of hydrogen-bond donors (Lipinski definition) is 1. The number of hydrogen-bond acceptors (Lipinski definition) is 2. The van der Waals surface area contributed by atoms with Crippen LogP contribution in [0.4, 0.5) is 0 Å². The smallest absolute Gasteiger partial charge is 0.00226 e. The zero-order valence-corrected chi connectivity index (χ0v) is 10.3. The summed E-state index contributed by atoms with van der Waals surface area (Å²) < 4.78 is 0. The predicted octanol–water partition coefficient (Wildman–Crippen LogP) is 2.63. The Morgan fingerprint density at radius 3 is 2.29 bits per heavy atom. The normalized spacial score (nSPS) is 13.5. The number of nitrogens with two attached hydrogens (primary N) is 1. The Balaban J connectivity index is 3.14. The SMILES string of the molecule is CCCCCCCN(C)CCC(C)N. The van der Waals surface area contributed by atoms with Crippen LogP contribution in [0.1, 0.15) is 52.4 Å². The monoisotopic (exact) mass is 200 g/mol. The summed E-state index contributed by atoms with van der Waals surface area (Å²) in [7, 11) is 2.20. The molecule has 2 nitrogen and oxygen atoms in total. The highest BCUT2D eigenvalue weighted by atomic mass is 15.1. The van der Waals surface area contributed by atoms with Crippen LogP contribution < -0.4 is 5.73 Å². The summed E-state index contributed by atoms with van der Waals surface area (Å²) in [5.74, 6) is 0. The van der Waals surface area contributed by atoms with Gasteiger partial charge in [0.15, 0.2) is 0 Å². The number of nitrogens with zero attached hydrogens (tertiary/aromatic N) is 1. The maximum atomic E-state index is 5.71. The average molecular weight is 200 g/mol. The summed E-state index contributed by atoms with van der Waals surface area (Å²) in [6, 6.07) is 0.345. The summed E-state index contributed by atoms with van der Waals surface area (Å²) in [6.07, 6.45) is 7.97. The summed E-state index contributed by atoms with van der Waals surface area (Å²) in [5.41, 5.74) is 5.71. The van der Waals surface area contributed by atoms with Crippen molar-refractivity contribution in [2.75, 3.05) is 20.1 Å². The highest BCUT2D eigenvalue weighted by Crippen LogP contribution is 2.03. The molecule has 86 valence electrons. The lowest BCUT2D eigenvalue weighted by atomic mass is 10.1. The molecule has 0 aliphatic heterocycles. The van der Waals surface area contributed by atoms with Gasteiger partial charge in [-0.15, -0.1) is 0 Å². The van der Waals surface area contributed by atoms with Crippen molar-refractivity contribution in [2.24, 2.45) is 5.73 Å². The van der Waals surface area contributed by atoms with E-state index < -0.39 is 0 Å². The van der Waals surface area contributed by atoms with Gasteiger partial charge in [0, 0.05) is 6.04 Å². The van der Waals surface area contributed by atoms with Crippen molar-refractivity contribution >= 4 is 0 Å². The Hall–Kier alpha value is -0.0800. The first-order valence-corrected chi connectivity index (χ1v) is 6.11. The molecule has 0 saturated heterocycles. The third-order valence-electron chi connectivity index (χ3n) is 2.61. The van der Waals surface area contributed by atoms with Crippen molar-refractivity contribution in [1.29, 1.82) is 0 Å². The first-order chi connectivity index (χ1) is 6.66. The minimum atomic E-state index is 0.345. The van der Waals surface area contributed by atoms with Gasteiger partial charge in [-0.25, -0.2) is 0 Å². The topological polar surface area (TPSA) is 29.3 Å². The van der Waals surface area contributed by atoms with Crippen LogP contribution in [0.5, 0.6) is 0 Å². The molecule has 0 aromatic heterocycles. The van der Waals surface area contributed by atoms with Gasteiger partial charge in [-0.2, -0.15) is 0 Å². The number of unbranched alkanes of at least 4 members (excludes halogenated alkanes) is 4. The average Bonchev–Trinajstić information content (AvgIpc) is 2.14. The molecule has 0 bridgehead atoms. The second kappa shape index (κ2) is 9.47. The molecular weight excluding hydrogens is 172 g/mol. The Morgan fingerprint density at radius 2 is 1.71 bits per heavy atom. The molecule has 0 fully saturated rings. The van der Waals surface area contributed by atoms with Gasteiger partial charge in [0.1, 0.15) is 0 Å². The first kappa shape index (κ1) is 13.9. The van der Waals surface area contributed by atoms with E-state index in [1.54, 1.807) is 0 Å². The second-order valence-electron chi connectivity index (χ2n) is 4.48. The Labute approximate surface area is 89.9 Å². The minimum Gasteiger partial charge on any atom is -0.328 e. The van der Waals surface area contributed by atoms with E-state index in [0.29, 0.717) is 6.04 Å². The summed E-state index contributed by atoms with van der Waals surface area (Å²) in [5, 5.41) is 0. The van der Waals surface area contributed by atoms with Crippen LogP contribution in [0.15, 0.2) is 0 Å². The van der Waals surface area contributed by atoms with Crippen LogP contribution in [-0.4, -0.2) is 31.1 Å². The standard InChI is InChI=1S/C12H28N2/c1-4-5-6-7-8-10-14(3)11-9-12(2)13/h12H,4-11,13H2,1-3H3. The highest BCUT2D eigenvalue weighted by molar-refractivity contribution is 4.58. The third kappa shape index (κ3) is 10.0. The summed E-state index contributed by atoms with van der Waals surface area (Å²) in [6.45, 7) is 6.71. The molecule has 0 aromatic carbocycles. The molecule has 0 radical (unpaired) electrons. The van der Waals surface area contributed by atoms with Crippen molar-refractivity contribution in [3.63, 3.8) is 0 Å². The van der Waals surface area contributed by atoms with Crippen molar-refractivity contribution in [3.8, 4) is 0 Å². The van der Waals surface area contributed by atoms with E-state index in [4.69, 9.17) is 5.73 Å². The lowest BCUT2D eigenvalue weighted by Crippen LogP contribution is -2.26. The van der Waals surface area contributed by atoms with Crippen LogP contribution in [0.2, 0.25) is 0 Å². The van der Waals surface area contributed by atoms with Crippen LogP contribution in [0.25, 0.3) is 0 Å². The Morgan fingerprint density at radius 1 is 1.07 bits per heavy atom. The molecule has 2 N–H and O–H groups in total. The molecule has 0 aliphatic rings. The van der Waals surface area contributed by atoms with Gasteiger partial charge in [0.25, 0.3) is 0 Å². The highest BCUT2D eigenvalue weighted by Gasteiger charge is 1.99. The maximum Gasteiger partial charge on any atom is 0.00226 e. The van der Waals surface area contributed by atoms with Crippen LogP contribution in [-0.2, 0) is 0 Å². The van der Waals surface area contributed by atoms with Gasteiger partial charge in [0.2, 0.25) is 0 Å². The molecule has 14 heavy (non-hydrogen) atoms. The van der Waals surface area contributed by atoms with Gasteiger partial charge in [-0.1, -0.05) is 32.6 Å². The van der Waals surface area contributed by atoms with Gasteiger partial charge >= 0.3 is 0 Å². The lowest BCUT2D eigenvalue weighted by Gasteiger charge is -2.17. The van der Waals surface area contributed by atoms with E-state index in [9.17, 15) is 0 Å². The molecule has 0 saturated carbocycles. The van der Waals surface area contributed by atoms with Crippen LogP contribution >= 0.6 is 0 Å². The predicted molar refractivity (Wildman–Crippen MR) is 64.5 cm³/mol. The van der Waals surface area contributed by atoms with E-state index in [-0.39, 0.29) is 0 Å². The second-order valence-corrected chi connectivity index (χ2v) is 4.48. The minimum absolute atomic E-state index is 0.345. The largest absolute Gasteiger partial charge is 0.328 e. The Bertz CT molecular complexity index is 113. The summed E-state index contributed by atoms with van der Waals surface area (Å²) in [4.78, 5) is 2.40. The Kier molecular flexibility index (Phi) is 9.42. The molecular formula is C12H28N2. The molecule has 0 aromatic rings. The van der Waals surface area contributed by atoms with Gasteiger partial charge in [-0.3, -0.25) is 0 Å². The van der Waals surface area contributed by atoms with Gasteiger partial charge in [0.05, 0.1) is 0 Å². The van der Waals surface area contributed by atoms with Crippen molar-refractivity contribution in [1.82, 2.24) is 4.90 Å². The molecule has 0 rings (SSSR count). The zero-order valence-electron chi connectivity index (χ0n) is 10.3. The van der Waals surface area contributed by atoms with E-state index in [1.165, 1.54) is 38.6 Å². The van der Waals surface area contributed by atoms with Crippen molar-refractivity contribution in [3.05, 3.63) is 0 Å². The van der Waals surface area contributed by atoms with E-state index in [1.807, 2.05) is 0 Å². The van der Waals surface area contributed by atoms with Crippen LogP contribution in [0, 0.1) is 0 Å². The molecule has 2 heteroatoms. The molecule has 1 unspecified atom stereocenters. The molecule has 0 spiro atoms. The van der Waals surface area contributed by atoms with E-state index >= 15 is 0 Å². The van der Waals surface area contributed by atoms with Crippen LogP contribution in [0.3, 0.4) is 0 Å². The summed E-state index contributed by atoms with van der Waals surface area (Å²) >= 11 is 0. The number of rotatable bonds is 9. The van der Waals surface area contributed by atoms with Crippen molar-refractivity contribution in [2.45, 2.75) is 58.4 Å². The third-order valence-corrected chi connectivity index (χ3v) is 2.61. The fourth-order valence-electron chi connectivity index (χ4n) is 1.52. The van der Waals surface area contributed by atoms with E-state index in [2.05, 4.69) is 25.8 Å². The fraction of sp³-hybridized carbons (Fsp3) is 1.00. The zero-order chi connectivity index (χ0) is 10.8. The van der Waals surface area contributed by atoms with Gasteiger partial charge < -0.3 is 10.6 Å². The molecule has 0 amide bonds. The fourth-order valence-corrected chi connectivity index (χ4v) is 1.52. The molecule has 1 atom stereocenters.